The van der Waals surface area contributed by atoms with Crippen molar-refractivity contribution in [3.8, 4) is 0 Å². The molecule has 6 heteroatoms. The van der Waals surface area contributed by atoms with Gasteiger partial charge in [-0.05, 0) is 12.1 Å². The monoisotopic (exact) mass is 329 g/mol. The zero-order valence-corrected chi connectivity index (χ0v) is 13.2. The molecule has 0 bridgehead atoms. The second-order valence-electron chi connectivity index (χ2n) is 4.41. The Morgan fingerprint density at radius 3 is 2.00 bits per heavy atom. The highest BCUT2D eigenvalue weighted by Crippen LogP contribution is 2.28. The maximum atomic E-state index is 12.4. The lowest BCUT2D eigenvalue weighted by Crippen LogP contribution is -2.42. The molecule has 0 radical (unpaired) electrons. The van der Waals surface area contributed by atoms with Crippen molar-refractivity contribution in [2.45, 2.75) is 0 Å². The smallest absolute Gasteiger partial charge is 0.377 e. The molecule has 0 saturated heterocycles. The maximum Gasteiger partial charge on any atom is 0.427 e. The van der Waals surface area contributed by atoms with Crippen LogP contribution in [0.2, 0.25) is 15.1 Å². The number of rotatable bonds is 2. The molecule has 2 aromatic rings. The van der Waals surface area contributed by atoms with Gasteiger partial charge in [-0.3, -0.25) is 0 Å². The van der Waals surface area contributed by atoms with Gasteiger partial charge < -0.3 is 4.90 Å². The predicted octanol–water partition coefficient (Wildman–Crippen LogP) is 3.69. The topological polar surface area (TPSA) is 24.2 Å². The minimum Gasteiger partial charge on any atom is -0.377 e. The van der Waals surface area contributed by atoms with Crippen LogP contribution in [0.1, 0.15) is 10.4 Å². The van der Waals surface area contributed by atoms with Gasteiger partial charge in [-0.15, -0.1) is 4.57 Å². The SMILES string of the molecule is CN(C)c1cc[n+](C(=O)c2c(Cl)cc(Cl)cc2Cl)cc1. The van der Waals surface area contributed by atoms with Crippen molar-refractivity contribution in [2.24, 2.45) is 0 Å². The molecule has 1 aromatic carbocycles. The fourth-order valence-corrected chi connectivity index (χ4v) is 2.71. The lowest BCUT2D eigenvalue weighted by molar-refractivity contribution is -0.570. The molecule has 0 fully saturated rings. The van der Waals surface area contributed by atoms with Crippen molar-refractivity contribution in [3.05, 3.63) is 57.3 Å². The van der Waals surface area contributed by atoms with Gasteiger partial charge in [0.2, 0.25) is 0 Å². The van der Waals surface area contributed by atoms with E-state index in [0.29, 0.717) is 5.02 Å². The third-order valence-electron chi connectivity index (χ3n) is 2.78. The summed E-state index contributed by atoms with van der Waals surface area (Å²) in [5.41, 5.74) is 1.22. The molecule has 20 heavy (non-hydrogen) atoms. The van der Waals surface area contributed by atoms with E-state index < -0.39 is 0 Å². The molecule has 0 aliphatic carbocycles. The van der Waals surface area contributed by atoms with Crippen LogP contribution in [0.4, 0.5) is 5.69 Å². The van der Waals surface area contributed by atoms with E-state index in [4.69, 9.17) is 34.8 Å². The van der Waals surface area contributed by atoms with Gasteiger partial charge in [0.25, 0.3) is 0 Å². The fourth-order valence-electron chi connectivity index (χ4n) is 1.73. The van der Waals surface area contributed by atoms with Gasteiger partial charge in [0, 0.05) is 36.9 Å². The van der Waals surface area contributed by atoms with Crippen molar-refractivity contribution in [3.63, 3.8) is 0 Å². The number of aromatic nitrogens is 1. The Kier molecular flexibility index (Phi) is 4.53. The largest absolute Gasteiger partial charge is 0.427 e. The second-order valence-corrected chi connectivity index (χ2v) is 5.66. The summed E-state index contributed by atoms with van der Waals surface area (Å²) in [6, 6.07) is 6.65. The van der Waals surface area contributed by atoms with Crippen LogP contribution in [0.3, 0.4) is 0 Å². The number of halogens is 3. The van der Waals surface area contributed by atoms with Crippen LogP contribution in [-0.4, -0.2) is 20.0 Å². The van der Waals surface area contributed by atoms with Crippen molar-refractivity contribution in [2.75, 3.05) is 19.0 Å². The third-order valence-corrected chi connectivity index (χ3v) is 3.60. The number of anilines is 1. The molecule has 2 rings (SSSR count). The van der Waals surface area contributed by atoms with Gasteiger partial charge in [0.05, 0.1) is 10.0 Å². The predicted molar refractivity (Wildman–Crippen MR) is 82.2 cm³/mol. The van der Waals surface area contributed by atoms with E-state index in [1.165, 1.54) is 16.7 Å². The summed E-state index contributed by atoms with van der Waals surface area (Å²) in [6.07, 6.45) is 3.33. The number of hydrogen-bond donors (Lipinski definition) is 0. The normalized spacial score (nSPS) is 10.4. The average Bonchev–Trinajstić information content (AvgIpc) is 2.37. The van der Waals surface area contributed by atoms with Crippen LogP contribution in [-0.2, 0) is 0 Å². The standard InChI is InChI=1S/C14H12Cl3N2O/c1-18(2)10-3-5-19(6-4-10)14(20)13-11(16)7-9(15)8-12(13)17/h3-8H,1-2H3/q+1. The van der Waals surface area contributed by atoms with Gasteiger partial charge >= 0.3 is 5.91 Å². The summed E-state index contributed by atoms with van der Waals surface area (Å²) in [6.45, 7) is 0. The number of carbonyl (C=O) groups excluding carboxylic acids is 1. The highest BCUT2D eigenvalue weighted by molar-refractivity contribution is 6.41. The van der Waals surface area contributed by atoms with E-state index in [0.717, 1.165) is 5.69 Å². The lowest BCUT2D eigenvalue weighted by Gasteiger charge is -2.10. The summed E-state index contributed by atoms with van der Waals surface area (Å²) in [5.74, 6) is -0.304. The van der Waals surface area contributed by atoms with E-state index in [9.17, 15) is 4.79 Å². The van der Waals surface area contributed by atoms with Gasteiger partial charge in [0.1, 0.15) is 5.56 Å². The molecular weight excluding hydrogens is 319 g/mol. The summed E-state index contributed by atoms with van der Waals surface area (Å²) >= 11 is 17.9. The molecule has 0 atom stereocenters. The first kappa shape index (κ1) is 15.1. The van der Waals surface area contributed by atoms with E-state index in [-0.39, 0.29) is 21.5 Å². The highest BCUT2D eigenvalue weighted by Gasteiger charge is 2.24. The Labute approximate surface area is 132 Å². The van der Waals surface area contributed by atoms with Gasteiger partial charge in [-0.25, -0.2) is 4.79 Å². The number of hydrogen-bond acceptors (Lipinski definition) is 2. The van der Waals surface area contributed by atoms with Crippen LogP contribution in [0.5, 0.6) is 0 Å². The van der Waals surface area contributed by atoms with Crippen molar-refractivity contribution in [1.82, 2.24) is 0 Å². The van der Waals surface area contributed by atoms with Crippen molar-refractivity contribution in [1.29, 1.82) is 0 Å². The van der Waals surface area contributed by atoms with Crippen LogP contribution < -0.4 is 9.47 Å². The molecule has 0 aliphatic heterocycles. The first-order chi connectivity index (χ1) is 9.40. The van der Waals surface area contributed by atoms with Crippen molar-refractivity contribution < 1.29 is 9.36 Å². The minimum atomic E-state index is -0.304. The zero-order valence-electron chi connectivity index (χ0n) is 10.9. The molecule has 0 aliphatic rings. The number of pyridine rings is 1. The Hall–Kier alpha value is -1.29. The van der Waals surface area contributed by atoms with Crippen LogP contribution in [0, 0.1) is 0 Å². The van der Waals surface area contributed by atoms with E-state index >= 15 is 0 Å². The molecule has 104 valence electrons. The Bertz CT molecular complexity index is 631. The molecule has 1 aromatic heterocycles. The Balaban J connectivity index is 2.41. The molecule has 0 spiro atoms. The molecule has 0 unspecified atom stereocenters. The lowest BCUT2D eigenvalue weighted by atomic mass is 10.2. The van der Waals surface area contributed by atoms with Crippen LogP contribution >= 0.6 is 34.8 Å². The number of benzene rings is 1. The maximum absolute atomic E-state index is 12.4. The molecule has 0 saturated carbocycles. The number of carbonyl (C=O) groups is 1. The van der Waals surface area contributed by atoms with Crippen LogP contribution in [0.25, 0.3) is 0 Å². The summed E-state index contributed by atoms with van der Waals surface area (Å²) < 4.78 is 1.42. The summed E-state index contributed by atoms with van der Waals surface area (Å²) in [4.78, 5) is 14.4. The molecule has 0 N–H and O–H groups in total. The Morgan fingerprint density at radius 1 is 1.05 bits per heavy atom. The van der Waals surface area contributed by atoms with E-state index in [1.807, 2.05) is 31.1 Å². The quantitative estimate of drug-likeness (QED) is 0.784. The summed E-state index contributed by atoms with van der Waals surface area (Å²) in [7, 11) is 3.85. The first-order valence-corrected chi connectivity index (χ1v) is 6.91. The third kappa shape index (κ3) is 3.06. The number of nitrogens with zero attached hydrogens (tertiary/aromatic N) is 2. The van der Waals surface area contributed by atoms with Gasteiger partial charge in [0.15, 0.2) is 12.4 Å². The van der Waals surface area contributed by atoms with Crippen molar-refractivity contribution >= 4 is 46.4 Å². The van der Waals surface area contributed by atoms with Gasteiger partial charge in [-0.2, -0.15) is 0 Å². The van der Waals surface area contributed by atoms with Crippen LogP contribution in [0.15, 0.2) is 36.7 Å². The first-order valence-electron chi connectivity index (χ1n) is 5.78. The molecular formula is C14H12Cl3N2O+. The summed E-state index contributed by atoms with van der Waals surface area (Å²) in [5, 5.41) is 0.859. The van der Waals surface area contributed by atoms with E-state index in [1.54, 1.807) is 12.4 Å². The Morgan fingerprint density at radius 2 is 1.55 bits per heavy atom. The molecule has 3 nitrogen and oxygen atoms in total. The zero-order chi connectivity index (χ0) is 14.9. The second kappa shape index (κ2) is 6.00. The van der Waals surface area contributed by atoms with Gasteiger partial charge in [-0.1, -0.05) is 34.8 Å². The minimum absolute atomic E-state index is 0.233. The highest BCUT2D eigenvalue weighted by atomic mass is 35.5. The molecule has 1 heterocycles. The fraction of sp³-hybridized carbons (Fsp3) is 0.143. The van der Waals surface area contributed by atoms with E-state index in [2.05, 4.69) is 0 Å². The molecule has 0 amide bonds. The average molecular weight is 331 g/mol.